The van der Waals surface area contributed by atoms with Gasteiger partial charge < -0.3 is 21.9 Å². The number of nitrogens with one attached hydrogen (secondary N) is 2. The largest absolute Gasteiger partial charge is 0.374 e. The van der Waals surface area contributed by atoms with Crippen LogP contribution in [0.15, 0.2) is 42.5 Å². The Balaban J connectivity index is 1.72. The van der Waals surface area contributed by atoms with Crippen LogP contribution in [0.2, 0.25) is 0 Å². The van der Waals surface area contributed by atoms with Crippen molar-refractivity contribution in [3.05, 3.63) is 65.0 Å². The molecule has 7 N–H and O–H groups in total. The molecule has 2 aromatic rings. The third-order valence-corrected chi connectivity index (χ3v) is 4.76. The fourth-order valence-corrected chi connectivity index (χ4v) is 2.99. The lowest BCUT2D eigenvalue weighted by molar-refractivity contribution is -0.122. The van der Waals surface area contributed by atoms with Crippen molar-refractivity contribution in [3.8, 4) is 0 Å². The number of hydrogen-bond acceptors (Lipinski definition) is 5. The molecule has 0 saturated heterocycles. The monoisotopic (exact) mass is 386 g/mol. The van der Waals surface area contributed by atoms with E-state index in [1.165, 1.54) is 12.1 Å². The van der Waals surface area contributed by atoms with Gasteiger partial charge in [-0.2, -0.15) is 0 Å². The number of amides is 2. The topological polar surface area (TPSA) is 130 Å². The van der Waals surface area contributed by atoms with Crippen molar-refractivity contribution in [1.29, 1.82) is 0 Å². The van der Waals surface area contributed by atoms with E-state index < -0.39 is 17.7 Å². The minimum Gasteiger partial charge on any atom is -0.374 e. The van der Waals surface area contributed by atoms with Crippen LogP contribution < -0.4 is 22.1 Å². The van der Waals surface area contributed by atoms with Gasteiger partial charge in [0.1, 0.15) is 12.0 Å². The molecular formula is C20H23FN4O3. The maximum absolute atomic E-state index is 13.0. The fraction of sp³-hybridized carbons (Fsp3) is 0.300. The normalized spacial score (nSPS) is 15.7. The summed E-state index contributed by atoms with van der Waals surface area (Å²) in [6, 6.07) is 10.7. The van der Waals surface area contributed by atoms with Crippen LogP contribution in [0.5, 0.6) is 0 Å². The molecule has 28 heavy (non-hydrogen) atoms. The third kappa shape index (κ3) is 4.72. The summed E-state index contributed by atoms with van der Waals surface area (Å²) in [5.41, 5.74) is 12.5. The smallest absolute Gasteiger partial charge is 0.237 e. The van der Waals surface area contributed by atoms with E-state index in [1.807, 2.05) is 0 Å². The zero-order valence-electron chi connectivity index (χ0n) is 15.2. The van der Waals surface area contributed by atoms with E-state index in [2.05, 4.69) is 10.6 Å². The molecule has 1 fully saturated rings. The van der Waals surface area contributed by atoms with Crippen LogP contribution in [0.3, 0.4) is 0 Å². The van der Waals surface area contributed by atoms with Crippen LogP contribution in [0.25, 0.3) is 0 Å². The first-order valence-electron chi connectivity index (χ1n) is 8.95. The molecule has 1 aliphatic carbocycles. The predicted molar refractivity (Wildman–Crippen MR) is 102 cm³/mol. The summed E-state index contributed by atoms with van der Waals surface area (Å²) < 4.78 is 13.0. The second kappa shape index (κ2) is 8.05. The number of rotatable bonds is 8. The average molecular weight is 386 g/mol. The van der Waals surface area contributed by atoms with Gasteiger partial charge in [-0.05, 0) is 53.8 Å². The number of primary amides is 1. The molecule has 2 aromatic carbocycles. The van der Waals surface area contributed by atoms with Crippen molar-refractivity contribution in [2.24, 2.45) is 11.5 Å². The first-order chi connectivity index (χ1) is 13.3. The van der Waals surface area contributed by atoms with Crippen molar-refractivity contribution < 1.29 is 19.1 Å². The van der Waals surface area contributed by atoms with Crippen LogP contribution in [-0.2, 0) is 22.6 Å². The number of aliphatic hydroxyl groups is 1. The molecule has 0 spiro atoms. The highest BCUT2D eigenvalue weighted by molar-refractivity contribution is 5.92. The number of carbonyl (C=O) groups excluding carboxylic acids is 2. The van der Waals surface area contributed by atoms with Crippen molar-refractivity contribution in [2.45, 2.75) is 37.6 Å². The number of nitrogens with two attached hydrogens (primary N) is 2. The van der Waals surface area contributed by atoms with Crippen LogP contribution in [0.4, 0.5) is 10.1 Å². The van der Waals surface area contributed by atoms with Gasteiger partial charge in [-0.1, -0.05) is 18.2 Å². The van der Waals surface area contributed by atoms with E-state index >= 15 is 0 Å². The van der Waals surface area contributed by atoms with Gasteiger partial charge >= 0.3 is 0 Å². The van der Waals surface area contributed by atoms with E-state index in [4.69, 9.17) is 11.5 Å². The van der Waals surface area contributed by atoms with E-state index in [1.54, 1.807) is 30.3 Å². The minimum atomic E-state index is -1.13. The fourth-order valence-electron chi connectivity index (χ4n) is 2.99. The second-order valence-corrected chi connectivity index (χ2v) is 7.01. The van der Waals surface area contributed by atoms with Gasteiger partial charge in [-0.3, -0.25) is 14.9 Å². The van der Waals surface area contributed by atoms with Crippen LogP contribution in [-0.4, -0.2) is 22.5 Å². The van der Waals surface area contributed by atoms with Gasteiger partial charge in [0.2, 0.25) is 11.8 Å². The van der Waals surface area contributed by atoms with Crippen molar-refractivity contribution in [2.75, 3.05) is 5.32 Å². The molecule has 1 unspecified atom stereocenters. The zero-order chi connectivity index (χ0) is 20.3. The first kappa shape index (κ1) is 19.9. The highest BCUT2D eigenvalue weighted by Gasteiger charge is 2.49. The van der Waals surface area contributed by atoms with Gasteiger partial charge in [0, 0.05) is 12.2 Å². The number of aliphatic hydroxyl groups excluding tert-OH is 1. The number of anilines is 1. The Morgan fingerprint density at radius 3 is 2.39 bits per heavy atom. The third-order valence-electron chi connectivity index (χ3n) is 4.76. The van der Waals surface area contributed by atoms with E-state index in [0.29, 0.717) is 35.2 Å². The molecule has 0 radical (unpaired) electrons. The maximum atomic E-state index is 13.0. The van der Waals surface area contributed by atoms with E-state index in [-0.39, 0.29) is 24.7 Å². The Hall–Kier alpha value is -2.81. The molecule has 1 atom stereocenters. The summed E-state index contributed by atoms with van der Waals surface area (Å²) in [7, 11) is 0. The highest BCUT2D eigenvalue weighted by Crippen LogP contribution is 2.37. The highest BCUT2D eigenvalue weighted by atomic mass is 19.1. The van der Waals surface area contributed by atoms with Crippen LogP contribution >= 0.6 is 0 Å². The maximum Gasteiger partial charge on any atom is 0.237 e. The average Bonchev–Trinajstić information content (AvgIpc) is 3.44. The summed E-state index contributed by atoms with van der Waals surface area (Å²) >= 11 is 0. The van der Waals surface area contributed by atoms with Crippen LogP contribution in [0, 0.1) is 5.82 Å². The summed E-state index contributed by atoms with van der Waals surface area (Å²) in [6.45, 7) is 0.211. The van der Waals surface area contributed by atoms with Crippen molar-refractivity contribution >= 4 is 17.5 Å². The predicted octanol–water partition coefficient (Wildman–Crippen LogP) is 1.06. The van der Waals surface area contributed by atoms with Crippen LogP contribution in [0.1, 0.15) is 35.8 Å². The molecule has 1 aliphatic rings. The zero-order valence-corrected chi connectivity index (χ0v) is 15.2. The van der Waals surface area contributed by atoms with Gasteiger partial charge in [-0.25, -0.2) is 4.39 Å². The Kier molecular flexibility index (Phi) is 5.73. The first-order valence-corrected chi connectivity index (χ1v) is 8.95. The lowest BCUT2D eigenvalue weighted by atomic mass is 10.1. The second-order valence-electron chi connectivity index (χ2n) is 7.01. The molecule has 0 heterocycles. The molecule has 148 valence electrons. The van der Waals surface area contributed by atoms with E-state index in [9.17, 15) is 19.1 Å². The summed E-state index contributed by atoms with van der Waals surface area (Å²) in [4.78, 5) is 23.8. The lowest BCUT2D eigenvalue weighted by Crippen LogP contribution is -2.45. The molecule has 0 aromatic heterocycles. The number of benzene rings is 2. The molecule has 1 saturated carbocycles. The lowest BCUT2D eigenvalue weighted by Gasteiger charge is -2.21. The molecule has 2 amide bonds. The van der Waals surface area contributed by atoms with E-state index in [0.717, 1.165) is 0 Å². The SMILES string of the molecule is NCc1cc(NC(=O)Cc2ccc(F)cc2)cc(C(O)NC2(C(N)=O)CC2)c1. The molecule has 8 heteroatoms. The van der Waals surface area contributed by atoms with Gasteiger partial charge in [0.05, 0.1) is 12.0 Å². The molecule has 0 bridgehead atoms. The van der Waals surface area contributed by atoms with Gasteiger partial charge in [-0.15, -0.1) is 0 Å². The minimum absolute atomic E-state index is 0.0774. The Morgan fingerprint density at radius 2 is 1.82 bits per heavy atom. The van der Waals surface area contributed by atoms with Gasteiger partial charge in [0.15, 0.2) is 0 Å². The number of carbonyl (C=O) groups is 2. The summed E-state index contributed by atoms with van der Waals surface area (Å²) in [6.07, 6.45) is 0.0805. The molecule has 3 rings (SSSR count). The van der Waals surface area contributed by atoms with Crippen molar-refractivity contribution in [1.82, 2.24) is 5.32 Å². The van der Waals surface area contributed by atoms with Gasteiger partial charge in [0.25, 0.3) is 0 Å². The summed E-state index contributed by atoms with van der Waals surface area (Å²) in [5, 5.41) is 16.1. The Bertz CT molecular complexity index is 882. The Morgan fingerprint density at radius 1 is 1.14 bits per heavy atom. The number of hydrogen-bond donors (Lipinski definition) is 5. The molecule has 7 nitrogen and oxygen atoms in total. The quantitative estimate of drug-likeness (QED) is 0.433. The van der Waals surface area contributed by atoms with Crippen molar-refractivity contribution in [3.63, 3.8) is 0 Å². The summed E-state index contributed by atoms with van der Waals surface area (Å²) in [5.74, 6) is -1.16. The Labute approximate surface area is 161 Å². The standard InChI is InChI=1S/C20H23FN4O3/c21-15-3-1-12(2-4-15)9-17(26)24-16-8-13(11-22)7-14(10-16)18(27)25-20(5-6-20)19(23)28/h1-4,7-8,10,18,25,27H,5-6,9,11,22H2,(H2,23,28)(H,24,26). The number of halogens is 1. The molecular weight excluding hydrogens is 363 g/mol. The molecule has 0 aliphatic heterocycles.